The normalized spacial score (nSPS) is 12.8. The highest BCUT2D eigenvalue weighted by Crippen LogP contribution is 2.22. The van der Waals surface area contributed by atoms with Crippen LogP contribution in [0.5, 0.6) is 0 Å². The Morgan fingerprint density at radius 3 is 2.38 bits per heavy atom. The SMILES string of the molecule is CC(Cc1ccc(Br)cc1)NC(=O)c1cc(S(=O)(=O)N(C)C)ccc1Cl. The predicted molar refractivity (Wildman–Crippen MR) is 107 cm³/mol. The highest BCUT2D eigenvalue weighted by molar-refractivity contribution is 9.10. The van der Waals surface area contributed by atoms with E-state index in [0.717, 1.165) is 14.3 Å². The number of sulfonamides is 1. The zero-order valence-electron chi connectivity index (χ0n) is 14.7. The molecule has 2 rings (SSSR count). The van der Waals surface area contributed by atoms with Crippen LogP contribution in [0.25, 0.3) is 0 Å². The van der Waals surface area contributed by atoms with Crippen LogP contribution in [0.4, 0.5) is 0 Å². The molecule has 0 bridgehead atoms. The van der Waals surface area contributed by atoms with Crippen molar-refractivity contribution in [2.24, 2.45) is 0 Å². The molecule has 2 aromatic rings. The lowest BCUT2D eigenvalue weighted by molar-refractivity contribution is 0.0940. The molecule has 8 heteroatoms. The molecule has 26 heavy (non-hydrogen) atoms. The molecular formula is C18H20BrClN2O3S. The smallest absolute Gasteiger partial charge is 0.253 e. The Morgan fingerprint density at radius 2 is 1.81 bits per heavy atom. The minimum atomic E-state index is -3.64. The molecule has 1 unspecified atom stereocenters. The average Bonchev–Trinajstić information content (AvgIpc) is 2.56. The van der Waals surface area contributed by atoms with Crippen molar-refractivity contribution in [2.75, 3.05) is 14.1 Å². The van der Waals surface area contributed by atoms with Gasteiger partial charge in [-0.2, -0.15) is 0 Å². The third-order valence-corrected chi connectivity index (χ3v) is 6.46. The van der Waals surface area contributed by atoms with Crippen molar-refractivity contribution >= 4 is 43.5 Å². The van der Waals surface area contributed by atoms with Gasteiger partial charge in [0.05, 0.1) is 15.5 Å². The Labute approximate surface area is 167 Å². The molecule has 140 valence electrons. The highest BCUT2D eigenvalue weighted by atomic mass is 79.9. The number of amides is 1. The zero-order chi connectivity index (χ0) is 19.5. The largest absolute Gasteiger partial charge is 0.349 e. The lowest BCUT2D eigenvalue weighted by atomic mass is 10.1. The number of carbonyl (C=O) groups is 1. The molecule has 1 amide bonds. The summed E-state index contributed by atoms with van der Waals surface area (Å²) in [6.07, 6.45) is 0.645. The number of rotatable bonds is 6. The Kier molecular flexibility index (Phi) is 6.85. The number of nitrogens with zero attached hydrogens (tertiary/aromatic N) is 1. The lowest BCUT2D eigenvalue weighted by Crippen LogP contribution is -2.34. The molecule has 0 saturated carbocycles. The van der Waals surface area contributed by atoms with Crippen LogP contribution in [0.2, 0.25) is 5.02 Å². The van der Waals surface area contributed by atoms with E-state index < -0.39 is 15.9 Å². The van der Waals surface area contributed by atoms with Crippen molar-refractivity contribution in [2.45, 2.75) is 24.3 Å². The Morgan fingerprint density at radius 1 is 1.19 bits per heavy atom. The maximum absolute atomic E-state index is 12.6. The topological polar surface area (TPSA) is 66.5 Å². The van der Waals surface area contributed by atoms with Crippen LogP contribution < -0.4 is 5.32 Å². The minimum Gasteiger partial charge on any atom is -0.349 e. The Balaban J connectivity index is 2.17. The quantitative estimate of drug-likeness (QED) is 0.716. The summed E-state index contributed by atoms with van der Waals surface area (Å²) in [5.74, 6) is -0.407. The van der Waals surface area contributed by atoms with Crippen molar-refractivity contribution in [3.8, 4) is 0 Å². The molecule has 0 aromatic heterocycles. The monoisotopic (exact) mass is 458 g/mol. The fourth-order valence-corrected chi connectivity index (χ4v) is 3.77. The maximum atomic E-state index is 12.6. The third-order valence-electron chi connectivity index (χ3n) is 3.79. The second-order valence-electron chi connectivity index (χ2n) is 6.13. The minimum absolute atomic E-state index is 0.0256. The highest BCUT2D eigenvalue weighted by Gasteiger charge is 2.21. The van der Waals surface area contributed by atoms with Gasteiger partial charge < -0.3 is 5.32 Å². The van der Waals surface area contributed by atoms with E-state index in [1.807, 2.05) is 31.2 Å². The van der Waals surface area contributed by atoms with E-state index >= 15 is 0 Å². The molecule has 0 radical (unpaired) electrons. The third kappa shape index (κ3) is 5.07. The van der Waals surface area contributed by atoms with E-state index in [-0.39, 0.29) is 21.5 Å². The summed E-state index contributed by atoms with van der Waals surface area (Å²) in [5.41, 5.74) is 1.22. The van der Waals surface area contributed by atoms with Crippen LogP contribution in [0.1, 0.15) is 22.8 Å². The molecule has 5 nitrogen and oxygen atoms in total. The van der Waals surface area contributed by atoms with E-state index in [2.05, 4.69) is 21.2 Å². The summed E-state index contributed by atoms with van der Waals surface area (Å²) in [5, 5.41) is 3.07. The summed E-state index contributed by atoms with van der Waals surface area (Å²) in [6, 6.07) is 11.8. The van der Waals surface area contributed by atoms with Crippen molar-refractivity contribution in [1.82, 2.24) is 9.62 Å². The van der Waals surface area contributed by atoms with Gasteiger partial charge in [0.2, 0.25) is 10.0 Å². The molecule has 0 aliphatic rings. The van der Waals surface area contributed by atoms with Crippen molar-refractivity contribution in [3.05, 3.63) is 63.1 Å². The van der Waals surface area contributed by atoms with Crippen molar-refractivity contribution in [1.29, 1.82) is 0 Å². The molecule has 1 N–H and O–H groups in total. The van der Waals surface area contributed by atoms with Crippen LogP contribution in [-0.2, 0) is 16.4 Å². The molecule has 0 aliphatic carbocycles. The van der Waals surface area contributed by atoms with Crippen LogP contribution in [-0.4, -0.2) is 38.8 Å². The van der Waals surface area contributed by atoms with Crippen LogP contribution in [0.3, 0.4) is 0 Å². The van der Waals surface area contributed by atoms with E-state index in [9.17, 15) is 13.2 Å². The van der Waals surface area contributed by atoms with Crippen LogP contribution in [0.15, 0.2) is 51.8 Å². The van der Waals surface area contributed by atoms with Crippen molar-refractivity contribution < 1.29 is 13.2 Å². The van der Waals surface area contributed by atoms with Crippen LogP contribution in [0, 0.1) is 0 Å². The summed E-state index contributed by atoms with van der Waals surface area (Å²) in [7, 11) is -0.772. The van der Waals surface area contributed by atoms with E-state index in [0.29, 0.717) is 6.42 Å². The zero-order valence-corrected chi connectivity index (χ0v) is 17.8. The lowest BCUT2D eigenvalue weighted by Gasteiger charge is -2.16. The fraction of sp³-hybridized carbons (Fsp3) is 0.278. The second kappa shape index (κ2) is 8.52. The summed E-state index contributed by atoms with van der Waals surface area (Å²) >= 11 is 9.49. The van der Waals surface area contributed by atoms with Gasteiger partial charge in [0.25, 0.3) is 5.91 Å². The van der Waals surface area contributed by atoms with Gasteiger partial charge in [-0.15, -0.1) is 0 Å². The molecule has 0 fully saturated rings. The van der Waals surface area contributed by atoms with Gasteiger partial charge in [0, 0.05) is 24.6 Å². The first kappa shape index (κ1) is 20.9. The van der Waals surface area contributed by atoms with Gasteiger partial charge in [-0.3, -0.25) is 4.79 Å². The molecule has 0 spiro atoms. The van der Waals surface area contributed by atoms with Gasteiger partial charge in [-0.25, -0.2) is 12.7 Å². The predicted octanol–water partition coefficient (Wildman–Crippen LogP) is 3.71. The number of halogens is 2. The molecule has 0 aliphatic heterocycles. The van der Waals surface area contributed by atoms with Gasteiger partial charge in [0.15, 0.2) is 0 Å². The molecule has 0 heterocycles. The molecule has 0 saturated heterocycles. The number of benzene rings is 2. The summed E-state index contributed by atoms with van der Waals surface area (Å²) in [4.78, 5) is 12.6. The number of nitrogens with one attached hydrogen (secondary N) is 1. The summed E-state index contributed by atoms with van der Waals surface area (Å²) in [6.45, 7) is 1.88. The standard InChI is InChI=1S/C18H20BrClN2O3S/c1-12(10-13-4-6-14(19)7-5-13)21-18(23)16-11-15(8-9-17(16)20)26(24,25)22(2)3/h4-9,11-12H,10H2,1-3H3,(H,21,23). The first-order valence-electron chi connectivity index (χ1n) is 7.88. The average molecular weight is 460 g/mol. The van der Waals surface area contributed by atoms with E-state index in [1.165, 1.54) is 32.3 Å². The van der Waals surface area contributed by atoms with Gasteiger partial charge in [-0.05, 0) is 49.2 Å². The Bertz CT molecular complexity index is 899. The van der Waals surface area contributed by atoms with Gasteiger partial charge in [-0.1, -0.05) is 39.7 Å². The van der Waals surface area contributed by atoms with Gasteiger partial charge in [0.1, 0.15) is 0 Å². The number of hydrogen-bond donors (Lipinski definition) is 1. The number of hydrogen-bond acceptors (Lipinski definition) is 3. The summed E-state index contributed by atoms with van der Waals surface area (Å²) < 4.78 is 26.6. The first-order valence-corrected chi connectivity index (χ1v) is 10.5. The van der Waals surface area contributed by atoms with E-state index in [4.69, 9.17) is 11.6 Å². The first-order chi connectivity index (χ1) is 12.1. The Hall–Kier alpha value is -1.41. The molecule has 1 atom stereocenters. The number of carbonyl (C=O) groups excluding carboxylic acids is 1. The second-order valence-corrected chi connectivity index (χ2v) is 9.61. The fourth-order valence-electron chi connectivity index (χ4n) is 2.38. The molecular weight excluding hydrogens is 440 g/mol. The molecule has 2 aromatic carbocycles. The van der Waals surface area contributed by atoms with Crippen molar-refractivity contribution in [3.63, 3.8) is 0 Å². The van der Waals surface area contributed by atoms with E-state index in [1.54, 1.807) is 0 Å². The maximum Gasteiger partial charge on any atom is 0.253 e. The van der Waals surface area contributed by atoms with Crippen LogP contribution >= 0.6 is 27.5 Å². The van der Waals surface area contributed by atoms with Gasteiger partial charge >= 0.3 is 0 Å².